The van der Waals surface area contributed by atoms with Crippen molar-refractivity contribution in [3.05, 3.63) is 69.8 Å². The van der Waals surface area contributed by atoms with Crippen LogP contribution in [-0.2, 0) is 6.61 Å². The molecule has 19 heavy (non-hydrogen) atoms. The summed E-state index contributed by atoms with van der Waals surface area (Å²) >= 11 is 0. The zero-order chi connectivity index (χ0) is 13.7. The molecule has 2 aromatic rings. The second-order valence-corrected chi connectivity index (χ2v) is 3.90. The van der Waals surface area contributed by atoms with Crippen molar-refractivity contribution in [1.29, 1.82) is 0 Å². The van der Waals surface area contributed by atoms with E-state index >= 15 is 0 Å². The van der Waals surface area contributed by atoms with Crippen molar-refractivity contribution < 1.29 is 14.5 Å². The molecule has 0 aromatic heterocycles. The van der Waals surface area contributed by atoms with Crippen LogP contribution in [0.25, 0.3) is 0 Å². The van der Waals surface area contributed by atoms with E-state index in [0.29, 0.717) is 17.9 Å². The normalized spacial score (nSPS) is 9.89. The van der Waals surface area contributed by atoms with Crippen LogP contribution in [0.5, 0.6) is 5.75 Å². The summed E-state index contributed by atoms with van der Waals surface area (Å²) in [5.74, 6) is 0.643. The number of nitrogens with zero attached hydrogens (tertiary/aromatic N) is 1. The Morgan fingerprint density at radius 3 is 2.21 bits per heavy atom. The standard InChI is InChI=1S/C14H11NO4/c16-9-11-3-7-14(8-4-11)19-10-12-1-5-13(6-2-12)15(17)18/h1-9H,10H2. The van der Waals surface area contributed by atoms with Crippen molar-refractivity contribution in [2.75, 3.05) is 0 Å². The molecule has 0 amide bonds. The molecule has 0 N–H and O–H groups in total. The van der Waals surface area contributed by atoms with E-state index in [1.807, 2.05) is 0 Å². The third-order valence-electron chi connectivity index (χ3n) is 2.57. The molecule has 0 atom stereocenters. The van der Waals surface area contributed by atoms with Gasteiger partial charge in [-0.1, -0.05) is 0 Å². The average molecular weight is 257 g/mol. The molecule has 0 bridgehead atoms. The maximum atomic E-state index is 10.5. The lowest BCUT2D eigenvalue weighted by molar-refractivity contribution is -0.384. The first-order valence-electron chi connectivity index (χ1n) is 5.60. The number of carbonyl (C=O) groups is 1. The quantitative estimate of drug-likeness (QED) is 0.469. The van der Waals surface area contributed by atoms with E-state index in [4.69, 9.17) is 4.74 Å². The molecule has 0 aliphatic rings. The maximum Gasteiger partial charge on any atom is 0.269 e. The van der Waals surface area contributed by atoms with Crippen LogP contribution in [0.4, 0.5) is 5.69 Å². The molecule has 0 fully saturated rings. The Morgan fingerprint density at radius 1 is 1.05 bits per heavy atom. The number of nitro groups is 1. The maximum absolute atomic E-state index is 10.5. The lowest BCUT2D eigenvalue weighted by Crippen LogP contribution is -1.96. The fourth-order valence-electron chi connectivity index (χ4n) is 1.52. The second kappa shape index (κ2) is 5.77. The van der Waals surface area contributed by atoms with Gasteiger partial charge in [0.15, 0.2) is 0 Å². The van der Waals surface area contributed by atoms with Gasteiger partial charge in [-0.05, 0) is 42.0 Å². The van der Waals surface area contributed by atoms with Gasteiger partial charge in [0.1, 0.15) is 18.6 Å². The summed E-state index contributed by atoms with van der Waals surface area (Å²) in [7, 11) is 0. The van der Waals surface area contributed by atoms with E-state index in [-0.39, 0.29) is 5.69 Å². The molecule has 0 saturated heterocycles. The van der Waals surface area contributed by atoms with Crippen molar-refractivity contribution in [2.24, 2.45) is 0 Å². The molecular weight excluding hydrogens is 246 g/mol. The van der Waals surface area contributed by atoms with Crippen molar-refractivity contribution in [3.63, 3.8) is 0 Å². The van der Waals surface area contributed by atoms with Crippen LogP contribution in [-0.4, -0.2) is 11.2 Å². The highest BCUT2D eigenvalue weighted by Gasteiger charge is 2.04. The molecule has 0 radical (unpaired) electrons. The minimum atomic E-state index is -0.442. The number of aldehydes is 1. The van der Waals surface area contributed by atoms with Crippen molar-refractivity contribution in [2.45, 2.75) is 6.61 Å². The van der Waals surface area contributed by atoms with Crippen LogP contribution in [0, 0.1) is 10.1 Å². The van der Waals surface area contributed by atoms with Crippen LogP contribution >= 0.6 is 0 Å². The third-order valence-corrected chi connectivity index (χ3v) is 2.57. The smallest absolute Gasteiger partial charge is 0.269 e. The van der Waals surface area contributed by atoms with Gasteiger partial charge in [-0.3, -0.25) is 14.9 Å². The minimum Gasteiger partial charge on any atom is -0.489 e. The number of hydrogen-bond acceptors (Lipinski definition) is 4. The summed E-state index contributed by atoms with van der Waals surface area (Å²) in [4.78, 5) is 20.5. The summed E-state index contributed by atoms with van der Waals surface area (Å²) in [5.41, 5.74) is 1.48. The van der Waals surface area contributed by atoms with Crippen LogP contribution < -0.4 is 4.74 Å². The molecule has 5 heteroatoms. The molecule has 2 aromatic carbocycles. The molecule has 0 aliphatic carbocycles. The van der Waals surface area contributed by atoms with E-state index in [0.717, 1.165) is 11.8 Å². The summed E-state index contributed by atoms with van der Waals surface area (Å²) < 4.78 is 5.51. The first-order chi connectivity index (χ1) is 9.19. The molecule has 0 saturated carbocycles. The van der Waals surface area contributed by atoms with Crippen LogP contribution in [0.3, 0.4) is 0 Å². The topological polar surface area (TPSA) is 69.4 Å². The molecule has 96 valence electrons. The third kappa shape index (κ3) is 3.38. The molecule has 0 aliphatic heterocycles. The number of nitro benzene ring substituents is 1. The van der Waals surface area contributed by atoms with Gasteiger partial charge in [0.05, 0.1) is 4.92 Å². The number of hydrogen-bond donors (Lipinski definition) is 0. The molecule has 2 rings (SSSR count). The number of benzene rings is 2. The summed E-state index contributed by atoms with van der Waals surface area (Å²) in [5, 5.41) is 10.5. The van der Waals surface area contributed by atoms with Crippen molar-refractivity contribution in [1.82, 2.24) is 0 Å². The first-order valence-corrected chi connectivity index (χ1v) is 5.60. The number of ether oxygens (including phenoxy) is 1. The lowest BCUT2D eigenvalue weighted by atomic mass is 10.2. The van der Waals surface area contributed by atoms with Crippen LogP contribution in [0.2, 0.25) is 0 Å². The van der Waals surface area contributed by atoms with E-state index in [1.165, 1.54) is 12.1 Å². The van der Waals surface area contributed by atoms with Gasteiger partial charge in [-0.15, -0.1) is 0 Å². The predicted molar refractivity (Wildman–Crippen MR) is 69.3 cm³/mol. The predicted octanol–water partition coefficient (Wildman–Crippen LogP) is 2.99. The number of rotatable bonds is 5. The Balaban J connectivity index is 1.97. The second-order valence-electron chi connectivity index (χ2n) is 3.90. The minimum absolute atomic E-state index is 0.0547. The highest BCUT2D eigenvalue weighted by atomic mass is 16.6. The summed E-state index contributed by atoms with van der Waals surface area (Å²) in [6, 6.07) is 12.9. The Morgan fingerprint density at radius 2 is 1.68 bits per heavy atom. The fourth-order valence-corrected chi connectivity index (χ4v) is 1.52. The Labute approximate surface area is 109 Å². The van der Waals surface area contributed by atoms with Gasteiger partial charge >= 0.3 is 0 Å². The van der Waals surface area contributed by atoms with Crippen LogP contribution in [0.1, 0.15) is 15.9 Å². The van der Waals surface area contributed by atoms with Gasteiger partial charge < -0.3 is 4.74 Å². The van der Waals surface area contributed by atoms with Gasteiger partial charge in [0.2, 0.25) is 0 Å². The van der Waals surface area contributed by atoms with Crippen molar-refractivity contribution in [3.8, 4) is 5.75 Å². The highest BCUT2D eigenvalue weighted by Crippen LogP contribution is 2.16. The molecule has 0 spiro atoms. The van der Waals surface area contributed by atoms with E-state index in [2.05, 4.69) is 0 Å². The molecule has 0 unspecified atom stereocenters. The van der Waals surface area contributed by atoms with E-state index < -0.39 is 4.92 Å². The largest absolute Gasteiger partial charge is 0.489 e. The highest BCUT2D eigenvalue weighted by molar-refractivity contribution is 5.74. The van der Waals surface area contributed by atoms with Gasteiger partial charge in [-0.25, -0.2) is 0 Å². The van der Waals surface area contributed by atoms with Gasteiger partial charge in [0, 0.05) is 17.7 Å². The van der Waals surface area contributed by atoms with Crippen LogP contribution in [0.15, 0.2) is 48.5 Å². The van der Waals surface area contributed by atoms with E-state index in [1.54, 1.807) is 36.4 Å². The molecule has 5 nitrogen and oxygen atoms in total. The summed E-state index contributed by atoms with van der Waals surface area (Å²) in [6.45, 7) is 0.318. The number of non-ortho nitro benzene ring substituents is 1. The molecular formula is C14H11NO4. The summed E-state index contributed by atoms with van der Waals surface area (Å²) in [6.07, 6.45) is 0.764. The zero-order valence-corrected chi connectivity index (χ0v) is 9.98. The number of carbonyl (C=O) groups excluding carboxylic acids is 1. The Kier molecular flexibility index (Phi) is 3.87. The van der Waals surface area contributed by atoms with Gasteiger partial charge in [-0.2, -0.15) is 0 Å². The van der Waals surface area contributed by atoms with E-state index in [9.17, 15) is 14.9 Å². The first kappa shape index (κ1) is 12.8. The Bertz CT molecular complexity index is 575. The Hall–Kier alpha value is -2.69. The monoisotopic (exact) mass is 257 g/mol. The molecule has 0 heterocycles. The lowest BCUT2D eigenvalue weighted by Gasteiger charge is -2.06. The zero-order valence-electron chi connectivity index (χ0n) is 9.98. The SMILES string of the molecule is O=Cc1ccc(OCc2ccc([N+](=O)[O-])cc2)cc1. The fraction of sp³-hybridized carbons (Fsp3) is 0.0714. The van der Waals surface area contributed by atoms with Crippen molar-refractivity contribution >= 4 is 12.0 Å². The van der Waals surface area contributed by atoms with Gasteiger partial charge in [0.25, 0.3) is 5.69 Å². The average Bonchev–Trinajstić information content (AvgIpc) is 2.46.